The predicted octanol–water partition coefficient (Wildman–Crippen LogP) is 21.8. The van der Waals surface area contributed by atoms with E-state index in [0.717, 1.165) is 0 Å². The molecular weight excluding hydrogens is 1200 g/mol. The van der Waals surface area contributed by atoms with Crippen LogP contribution in [0.15, 0.2) is 140 Å². The minimum absolute atomic E-state index is 0. The zero-order valence-electron chi connectivity index (χ0n) is 39.3. The third-order valence-electron chi connectivity index (χ3n) is 6.37. The van der Waals surface area contributed by atoms with E-state index in [2.05, 4.69) is 273 Å². The Bertz CT molecular complexity index is 1190. The van der Waals surface area contributed by atoms with Crippen LogP contribution in [0.2, 0.25) is 0 Å². The number of aryl methyl sites for hydroxylation is 5. The molecule has 0 aromatic heterocycles. The fourth-order valence-electron chi connectivity index (χ4n) is 3.71. The normalized spacial score (nSPS) is 7.62. The summed E-state index contributed by atoms with van der Waals surface area (Å²) >= 11 is 20.6. The van der Waals surface area contributed by atoms with Gasteiger partial charge in [-0.05, 0) is 86.6 Å². The Morgan fingerprint density at radius 1 is 0.283 bits per heavy atom. The van der Waals surface area contributed by atoms with Crippen molar-refractivity contribution < 1.29 is 0 Å². The molecule has 0 aliphatic carbocycles. The molecule has 0 amide bonds. The smallest absolute Gasteiger partial charge is 0.0146 e. The second-order valence-electron chi connectivity index (χ2n) is 11.7. The molecule has 0 saturated carbocycles. The average Bonchev–Trinajstić information content (AvgIpc) is 3.28. The molecule has 0 aliphatic rings. The molecule has 7 heteroatoms. The van der Waals surface area contributed by atoms with Crippen LogP contribution in [-0.2, 0) is 5.41 Å². The van der Waals surface area contributed by atoms with Crippen molar-refractivity contribution >= 4 is 112 Å². The van der Waals surface area contributed by atoms with Crippen LogP contribution in [0.4, 0.5) is 0 Å². The lowest BCUT2D eigenvalue weighted by atomic mass is 9.78. The molecule has 0 aliphatic heterocycles. The second kappa shape index (κ2) is 72.9. The first-order valence-corrected chi connectivity index (χ1v) is 30.0. The molecule has 0 N–H and O–H groups in total. The highest BCUT2D eigenvalue weighted by molar-refractivity contribution is 9.09. The predicted molar refractivity (Wildman–Crippen MR) is 317 cm³/mol. The first kappa shape index (κ1) is 83.1. The first-order chi connectivity index (χ1) is 28.0. The fraction of sp³-hybridized carbons (Fsp3) is 0.434. The van der Waals surface area contributed by atoms with Crippen LogP contribution in [0.5, 0.6) is 0 Å². The Kier molecular flexibility index (Phi) is 101. The average molecular weight is 1290 g/mol. The highest BCUT2D eigenvalue weighted by atomic mass is 79.9. The monoisotopic (exact) mass is 1280 g/mol. The summed E-state index contributed by atoms with van der Waals surface area (Å²) in [5.74, 6) is 12.7. The minimum Gasteiger partial charge on any atom is -0.0966 e. The van der Waals surface area contributed by atoms with Crippen molar-refractivity contribution in [2.24, 2.45) is 0 Å². The molecule has 0 saturated heterocycles. The third kappa shape index (κ3) is 59.6. The second-order valence-corrected chi connectivity index (χ2v) is 11.7. The number of halogens is 7. The number of hydrogen-bond acceptors (Lipinski definition) is 0. The zero-order chi connectivity index (χ0) is 47.2. The fourth-order valence-corrected chi connectivity index (χ4v) is 3.71. The van der Waals surface area contributed by atoms with Gasteiger partial charge in [0.25, 0.3) is 0 Å². The van der Waals surface area contributed by atoms with Crippen molar-refractivity contribution in [3.05, 3.63) is 178 Å². The molecule has 0 spiro atoms. The molecule has 0 bridgehead atoms. The molecule has 5 aromatic rings. The minimum atomic E-state index is 0. The van der Waals surface area contributed by atoms with Gasteiger partial charge in [-0.3, -0.25) is 0 Å². The summed E-state index contributed by atoms with van der Waals surface area (Å²) in [5.41, 5.74) is 9.40. The van der Waals surface area contributed by atoms with Crippen LogP contribution in [0, 0.1) is 34.6 Å². The van der Waals surface area contributed by atoms with Gasteiger partial charge in [0.1, 0.15) is 0 Å². The maximum atomic E-state index is 2.94. The molecule has 350 valence electrons. The summed E-state index contributed by atoms with van der Waals surface area (Å²) < 4.78 is 0. The van der Waals surface area contributed by atoms with Crippen molar-refractivity contribution in [2.75, 3.05) is 40.8 Å². The molecule has 0 nitrogen and oxygen atoms in total. The van der Waals surface area contributed by atoms with Crippen LogP contribution in [0.25, 0.3) is 0 Å². The van der Waals surface area contributed by atoms with E-state index in [0.29, 0.717) is 0 Å². The maximum Gasteiger partial charge on any atom is 0.0146 e. The van der Waals surface area contributed by atoms with E-state index >= 15 is 0 Å². The highest BCUT2D eigenvalue weighted by Crippen LogP contribution is 2.31. The number of rotatable bonds is 2. The highest BCUT2D eigenvalue weighted by Gasteiger charge is 2.22. The summed E-state index contributed by atoms with van der Waals surface area (Å²) in [6.07, 6.45) is 2.50. The topological polar surface area (TPSA) is 0 Å². The Balaban J connectivity index is -0.0000000629. The van der Waals surface area contributed by atoms with Gasteiger partial charge >= 0.3 is 0 Å². The molecule has 0 heterocycles. The summed E-state index contributed by atoms with van der Waals surface area (Å²) in [7, 11) is 0. The van der Waals surface area contributed by atoms with Gasteiger partial charge in [0, 0.05) is 5.41 Å². The van der Waals surface area contributed by atoms with Crippen molar-refractivity contribution in [1.29, 1.82) is 0 Å². The maximum absolute atomic E-state index is 2.94. The first-order valence-electron chi connectivity index (χ1n) is 18.8. The lowest BCUT2D eigenvalue weighted by Gasteiger charge is -2.26. The third-order valence-corrected chi connectivity index (χ3v) is 6.37. The SMILES string of the molecule is C.C.CBr.CBr.CBr.CBr.CBr.CBr.CBr.CCC.CCC.Cc1ccc(C(C)(C)c2ccc(C)cc2)cc1.Cc1ccccc1.Cc1ccccc1.Cc1ccccc1. The number of benzene rings is 5. The molecule has 5 aromatic carbocycles. The van der Waals surface area contributed by atoms with E-state index in [9.17, 15) is 0 Å². The Hall–Kier alpha value is -0.540. The molecule has 0 unspecified atom stereocenters. The summed E-state index contributed by atoms with van der Waals surface area (Å²) in [4.78, 5) is 0. The number of hydrogen-bond donors (Lipinski definition) is 0. The summed E-state index contributed by atoms with van der Waals surface area (Å²) in [6.45, 7) is 23.6. The Labute approximate surface area is 435 Å². The standard InChI is InChI=1S/C17H20.3C7H8.2C3H8.7CH3Br.2CH4/c1-13-5-9-15(10-6-13)17(3,4)16-11-7-14(2)8-12-16;3*1-7-5-3-2-4-6-7;2*1-3-2;7*1-2;;/h5-12H,1-4H3;3*2-6H,1H3;2*3H2,1-2H3;7*1H3;2*1H4. The Morgan fingerprint density at radius 2 is 0.417 bits per heavy atom. The van der Waals surface area contributed by atoms with Crippen LogP contribution in [-0.4, -0.2) is 40.8 Å². The van der Waals surface area contributed by atoms with Crippen molar-refractivity contribution in [1.82, 2.24) is 0 Å². The number of alkyl halides is 7. The molecule has 5 rings (SSSR count). The van der Waals surface area contributed by atoms with E-state index in [1.165, 1.54) is 51.8 Å². The van der Waals surface area contributed by atoms with E-state index < -0.39 is 0 Å². The summed E-state index contributed by atoms with van der Waals surface area (Å²) in [5, 5.41) is 0. The van der Waals surface area contributed by atoms with Gasteiger partial charge in [-0.2, -0.15) is 0 Å². The van der Waals surface area contributed by atoms with Crippen molar-refractivity contribution in [3.8, 4) is 0 Å². The summed E-state index contributed by atoms with van der Waals surface area (Å²) in [6, 6.07) is 48.5. The van der Waals surface area contributed by atoms with Crippen LogP contribution in [0.3, 0.4) is 0 Å². The van der Waals surface area contributed by atoms with Gasteiger partial charge in [-0.15, -0.1) is 0 Å². The lowest BCUT2D eigenvalue weighted by molar-refractivity contribution is 0.640. The zero-order valence-corrected chi connectivity index (χ0v) is 50.4. The Morgan fingerprint density at radius 3 is 0.533 bits per heavy atom. The molecule has 0 radical (unpaired) electrons. The van der Waals surface area contributed by atoms with Gasteiger partial charge in [-0.1, -0.05) is 348 Å². The van der Waals surface area contributed by atoms with Gasteiger partial charge in [0.2, 0.25) is 0 Å². The quantitative estimate of drug-likeness (QED) is 0.155. The van der Waals surface area contributed by atoms with Crippen LogP contribution in [0.1, 0.15) is 108 Å². The van der Waals surface area contributed by atoms with Gasteiger partial charge in [-0.25, -0.2) is 0 Å². The molecular formula is C53H89Br7. The van der Waals surface area contributed by atoms with Crippen LogP contribution >= 0.6 is 112 Å². The van der Waals surface area contributed by atoms with Gasteiger partial charge in [0.15, 0.2) is 0 Å². The van der Waals surface area contributed by atoms with Crippen LogP contribution < -0.4 is 0 Å². The lowest BCUT2D eigenvalue weighted by Crippen LogP contribution is -2.18. The molecule has 60 heavy (non-hydrogen) atoms. The van der Waals surface area contributed by atoms with Gasteiger partial charge in [0.05, 0.1) is 0 Å². The molecule has 0 fully saturated rings. The van der Waals surface area contributed by atoms with Crippen molar-refractivity contribution in [2.45, 2.75) is 109 Å². The molecule has 0 atom stereocenters. The van der Waals surface area contributed by atoms with E-state index in [1.54, 1.807) is 0 Å². The van der Waals surface area contributed by atoms with Gasteiger partial charge < -0.3 is 0 Å². The van der Waals surface area contributed by atoms with E-state index in [-0.39, 0.29) is 20.3 Å². The van der Waals surface area contributed by atoms with E-state index in [4.69, 9.17) is 0 Å². The largest absolute Gasteiger partial charge is 0.0966 e. The van der Waals surface area contributed by atoms with Crippen molar-refractivity contribution in [3.63, 3.8) is 0 Å². The van der Waals surface area contributed by atoms with E-state index in [1.807, 2.05) is 95.4 Å².